The number of hydrogen-bond donors (Lipinski definition) is 1. The van der Waals surface area contributed by atoms with Crippen molar-refractivity contribution in [2.24, 2.45) is 7.05 Å². The van der Waals surface area contributed by atoms with Crippen LogP contribution in [-0.2, 0) is 7.05 Å². The van der Waals surface area contributed by atoms with Crippen molar-refractivity contribution in [3.63, 3.8) is 0 Å². The van der Waals surface area contributed by atoms with Crippen LogP contribution in [0.3, 0.4) is 0 Å². The number of hydrogen-bond acceptors (Lipinski definition) is 8. The van der Waals surface area contributed by atoms with Gasteiger partial charge in [0.05, 0.1) is 23.6 Å². The molecule has 1 fully saturated rings. The average Bonchev–Trinajstić information content (AvgIpc) is 3.42. The van der Waals surface area contributed by atoms with Gasteiger partial charge in [-0.05, 0) is 42.8 Å². The second kappa shape index (κ2) is 8.45. The maximum absolute atomic E-state index is 12.4. The van der Waals surface area contributed by atoms with Gasteiger partial charge in [-0.25, -0.2) is 29.7 Å². The summed E-state index contributed by atoms with van der Waals surface area (Å²) in [4.78, 5) is 37.6. The molecule has 0 radical (unpaired) electrons. The van der Waals surface area contributed by atoms with Crippen molar-refractivity contribution >= 4 is 45.6 Å². The lowest BCUT2D eigenvalue weighted by Gasteiger charge is -2.15. The number of urea groups is 1. The number of fused-ring (bicyclic) bond motifs is 2. The van der Waals surface area contributed by atoms with Crippen LogP contribution in [0.1, 0.15) is 5.56 Å². The van der Waals surface area contributed by atoms with Crippen LogP contribution in [0.5, 0.6) is 11.5 Å². The highest BCUT2D eigenvalue weighted by atomic mass is 16.5. The summed E-state index contributed by atoms with van der Waals surface area (Å²) >= 11 is 0. The van der Waals surface area contributed by atoms with Crippen molar-refractivity contribution in [2.45, 2.75) is 6.92 Å². The molecule has 3 aromatic heterocycles. The van der Waals surface area contributed by atoms with Gasteiger partial charge in [0.15, 0.2) is 5.82 Å². The van der Waals surface area contributed by atoms with Crippen LogP contribution in [0.2, 0.25) is 0 Å². The van der Waals surface area contributed by atoms with Crippen molar-refractivity contribution in [3.05, 3.63) is 60.8 Å². The quantitative estimate of drug-likeness (QED) is 0.400. The molecule has 11 nitrogen and oxygen atoms in total. The highest BCUT2D eigenvalue weighted by Crippen LogP contribution is 2.31. The molecule has 0 bridgehead atoms. The minimum absolute atomic E-state index is 0.130. The number of carbonyl (C=O) groups excluding carboxylic acids is 1. The van der Waals surface area contributed by atoms with Crippen molar-refractivity contribution in [1.29, 1.82) is 0 Å². The predicted molar refractivity (Wildman–Crippen MR) is 136 cm³/mol. The van der Waals surface area contributed by atoms with Crippen LogP contribution in [0.4, 0.5) is 22.2 Å². The molecule has 1 saturated heterocycles. The third kappa shape index (κ3) is 3.80. The largest absolute Gasteiger partial charge is 0.457 e. The van der Waals surface area contributed by atoms with Gasteiger partial charge < -0.3 is 19.5 Å². The van der Waals surface area contributed by atoms with Crippen LogP contribution in [-0.4, -0.2) is 60.6 Å². The van der Waals surface area contributed by atoms with Gasteiger partial charge in [-0.1, -0.05) is 0 Å². The third-order valence-electron chi connectivity index (χ3n) is 6.18. The smallest absolute Gasteiger partial charge is 0.326 e. The number of amides is 2. The van der Waals surface area contributed by atoms with Gasteiger partial charge in [0.2, 0.25) is 5.95 Å². The van der Waals surface area contributed by atoms with Crippen LogP contribution >= 0.6 is 0 Å². The molecule has 4 heterocycles. The third-order valence-corrected chi connectivity index (χ3v) is 6.18. The number of rotatable bonds is 5. The summed E-state index contributed by atoms with van der Waals surface area (Å²) in [5, 5.41) is 3.32. The Labute approximate surface area is 206 Å². The Hall–Kier alpha value is -4.80. The number of benzene rings is 2. The van der Waals surface area contributed by atoms with Gasteiger partial charge >= 0.3 is 6.03 Å². The molecule has 1 aliphatic heterocycles. The summed E-state index contributed by atoms with van der Waals surface area (Å²) in [5.41, 5.74) is 4.80. The number of likely N-dealkylation sites (N-methyl/N-ethyl adjacent to an activating group) is 1. The van der Waals surface area contributed by atoms with E-state index >= 15 is 0 Å². The first-order valence-corrected chi connectivity index (χ1v) is 11.4. The Balaban J connectivity index is 1.26. The van der Waals surface area contributed by atoms with E-state index in [4.69, 9.17) is 4.74 Å². The fraction of sp³-hybridized carbons (Fsp3) is 0.200. The Morgan fingerprint density at radius 1 is 0.972 bits per heavy atom. The van der Waals surface area contributed by atoms with E-state index in [1.54, 1.807) is 29.4 Å². The zero-order valence-electron chi connectivity index (χ0n) is 20.0. The molecule has 1 N–H and O–H groups in total. The number of aryl methyl sites for hydroxylation is 2. The second-order valence-electron chi connectivity index (χ2n) is 8.70. The number of anilines is 3. The number of carbonyl (C=O) groups is 1. The Morgan fingerprint density at radius 2 is 1.86 bits per heavy atom. The fourth-order valence-corrected chi connectivity index (χ4v) is 4.18. The van der Waals surface area contributed by atoms with Crippen molar-refractivity contribution in [2.75, 3.05) is 30.4 Å². The van der Waals surface area contributed by atoms with Crippen LogP contribution in [0.15, 0.2) is 55.2 Å². The maximum atomic E-state index is 12.4. The van der Waals surface area contributed by atoms with Gasteiger partial charge in [0, 0.05) is 38.9 Å². The molecule has 5 aromatic rings. The number of imidazole rings is 1. The molecule has 1 aliphatic rings. The highest BCUT2D eigenvalue weighted by molar-refractivity contribution is 5.94. The van der Waals surface area contributed by atoms with Crippen molar-refractivity contribution in [1.82, 2.24) is 34.4 Å². The number of ether oxygens (including phenoxy) is 1. The zero-order valence-corrected chi connectivity index (χ0v) is 20.0. The van der Waals surface area contributed by atoms with E-state index < -0.39 is 0 Å². The van der Waals surface area contributed by atoms with E-state index in [0.29, 0.717) is 35.9 Å². The van der Waals surface area contributed by atoms with E-state index in [0.717, 1.165) is 33.8 Å². The van der Waals surface area contributed by atoms with Gasteiger partial charge in [0.25, 0.3) is 0 Å². The molecule has 11 heteroatoms. The van der Waals surface area contributed by atoms with Crippen molar-refractivity contribution < 1.29 is 9.53 Å². The lowest BCUT2D eigenvalue weighted by molar-refractivity contribution is 0.229. The molecule has 0 saturated carbocycles. The highest BCUT2D eigenvalue weighted by Gasteiger charge is 2.29. The van der Waals surface area contributed by atoms with Crippen molar-refractivity contribution in [3.8, 4) is 11.5 Å². The van der Waals surface area contributed by atoms with Gasteiger partial charge in [-0.2, -0.15) is 0 Å². The van der Waals surface area contributed by atoms with E-state index in [-0.39, 0.29) is 6.03 Å². The molecular weight excluding hydrogens is 458 g/mol. The molecule has 36 heavy (non-hydrogen) atoms. The lowest BCUT2D eigenvalue weighted by atomic mass is 10.2. The standard InChI is InChI=1S/C25H23N9O2/c1-15-10-16(4-7-21(15)36-17-5-6-20-18(11-17)29-14-33(20)3)30-23-22-19(27-13-28-23)12-26-24(31-22)34-9-8-32(2)25(34)35/h4-7,10-14H,8-9H2,1-3H3,(H,27,28,30). The van der Waals surface area contributed by atoms with Crippen LogP contribution in [0, 0.1) is 6.92 Å². The van der Waals surface area contributed by atoms with E-state index in [2.05, 4.69) is 30.2 Å². The van der Waals surface area contributed by atoms with E-state index in [1.807, 2.05) is 54.9 Å². The lowest BCUT2D eigenvalue weighted by Crippen LogP contribution is -2.30. The fourth-order valence-electron chi connectivity index (χ4n) is 4.18. The van der Waals surface area contributed by atoms with Gasteiger partial charge in [-0.15, -0.1) is 0 Å². The minimum atomic E-state index is -0.130. The first-order valence-electron chi connectivity index (χ1n) is 11.4. The summed E-state index contributed by atoms with van der Waals surface area (Å²) < 4.78 is 8.10. The van der Waals surface area contributed by atoms with Crippen LogP contribution < -0.4 is 15.0 Å². The first kappa shape index (κ1) is 21.7. The summed E-state index contributed by atoms with van der Waals surface area (Å²) in [6.45, 7) is 3.14. The molecule has 2 aromatic carbocycles. The molecule has 0 aliphatic carbocycles. The molecule has 2 amide bonds. The molecule has 0 atom stereocenters. The number of aromatic nitrogens is 6. The molecular formula is C25H23N9O2. The molecule has 180 valence electrons. The first-order chi connectivity index (χ1) is 17.5. The number of nitrogens with one attached hydrogen (secondary N) is 1. The summed E-state index contributed by atoms with van der Waals surface area (Å²) in [6.07, 6.45) is 4.85. The zero-order chi connectivity index (χ0) is 24.8. The maximum Gasteiger partial charge on any atom is 0.326 e. The monoisotopic (exact) mass is 481 g/mol. The Kier molecular flexibility index (Phi) is 5.10. The normalized spacial score (nSPS) is 13.7. The van der Waals surface area contributed by atoms with Gasteiger partial charge in [-0.3, -0.25) is 4.90 Å². The summed E-state index contributed by atoms with van der Waals surface area (Å²) in [6, 6.07) is 11.5. The average molecular weight is 482 g/mol. The van der Waals surface area contributed by atoms with Crippen LogP contribution in [0.25, 0.3) is 22.1 Å². The SMILES string of the molecule is Cc1cc(Nc2ncnc3cnc(N4CCN(C)C4=O)nc23)ccc1Oc1ccc2c(c1)ncn2C. The summed E-state index contributed by atoms with van der Waals surface area (Å²) in [7, 11) is 3.72. The molecule has 0 spiro atoms. The predicted octanol–water partition coefficient (Wildman–Crippen LogP) is 4.02. The summed E-state index contributed by atoms with van der Waals surface area (Å²) in [5.74, 6) is 2.32. The van der Waals surface area contributed by atoms with E-state index in [1.165, 1.54) is 6.33 Å². The van der Waals surface area contributed by atoms with Gasteiger partial charge in [0.1, 0.15) is 28.9 Å². The minimum Gasteiger partial charge on any atom is -0.457 e. The molecule has 6 rings (SSSR count). The Bertz CT molecular complexity index is 1630. The van der Waals surface area contributed by atoms with E-state index in [9.17, 15) is 4.79 Å². The number of nitrogens with zero attached hydrogens (tertiary/aromatic N) is 8. The Morgan fingerprint density at radius 3 is 2.67 bits per heavy atom. The second-order valence-corrected chi connectivity index (χ2v) is 8.70. The topological polar surface area (TPSA) is 114 Å². The molecule has 0 unspecified atom stereocenters.